The van der Waals surface area contributed by atoms with Crippen LogP contribution < -0.4 is 16.0 Å². The molecule has 4 N–H and O–H groups in total. The van der Waals surface area contributed by atoms with Crippen LogP contribution in [0.2, 0.25) is 0 Å². The molecule has 0 saturated carbocycles. The zero-order valence-electron chi connectivity index (χ0n) is 21.1. The van der Waals surface area contributed by atoms with Crippen molar-refractivity contribution in [3.63, 3.8) is 0 Å². The number of hydrogen-bond acceptors (Lipinski definition) is 5. The summed E-state index contributed by atoms with van der Waals surface area (Å²) in [4.78, 5) is 36.2. The molecule has 2 aromatic carbocycles. The molecule has 0 aromatic heterocycles. The highest BCUT2D eigenvalue weighted by molar-refractivity contribution is 5.80. The zero-order chi connectivity index (χ0) is 27.3. The number of alkyl carbamates (subject to hydrolysis) is 1. The van der Waals surface area contributed by atoms with Crippen LogP contribution in [0, 0.1) is 5.92 Å². The fourth-order valence-electron chi connectivity index (χ4n) is 3.55. The quantitative estimate of drug-likeness (QED) is 0.306. The highest BCUT2D eigenvalue weighted by Gasteiger charge is 2.44. The van der Waals surface area contributed by atoms with Crippen LogP contribution in [0.1, 0.15) is 37.8 Å². The summed E-state index contributed by atoms with van der Waals surface area (Å²) in [5.74, 6) is -4.83. The molecular weight excluding hydrogens is 484 g/mol. The minimum atomic E-state index is -3.72. The van der Waals surface area contributed by atoms with Gasteiger partial charge in [-0.25, -0.2) is 13.6 Å². The maximum Gasteiger partial charge on any atom is 0.407 e. The largest absolute Gasteiger partial charge is 0.445 e. The van der Waals surface area contributed by atoms with Crippen molar-refractivity contribution >= 4 is 17.9 Å². The summed E-state index contributed by atoms with van der Waals surface area (Å²) < 4.78 is 34.6. The molecule has 0 saturated heterocycles. The highest BCUT2D eigenvalue weighted by atomic mass is 19.3. The highest BCUT2D eigenvalue weighted by Crippen LogP contribution is 2.24. The van der Waals surface area contributed by atoms with Gasteiger partial charge in [-0.05, 0) is 23.5 Å². The molecule has 37 heavy (non-hydrogen) atoms. The number of nitrogens with one attached hydrogen (secondary N) is 3. The topological polar surface area (TPSA) is 117 Å². The molecule has 0 spiro atoms. The third kappa shape index (κ3) is 11.4. The van der Waals surface area contributed by atoms with Gasteiger partial charge in [0, 0.05) is 13.0 Å². The van der Waals surface area contributed by atoms with Crippen molar-refractivity contribution in [1.29, 1.82) is 0 Å². The fraction of sp³-hybridized carbons (Fsp3) is 0.444. The van der Waals surface area contributed by atoms with E-state index in [1.807, 2.05) is 12.1 Å². The summed E-state index contributed by atoms with van der Waals surface area (Å²) in [6.07, 6.45) is -3.18. The molecule has 2 atom stereocenters. The second-order valence-corrected chi connectivity index (χ2v) is 9.19. The van der Waals surface area contributed by atoms with Gasteiger partial charge in [0.2, 0.25) is 11.8 Å². The molecule has 0 aliphatic carbocycles. The van der Waals surface area contributed by atoms with Gasteiger partial charge in [-0.3, -0.25) is 9.59 Å². The van der Waals surface area contributed by atoms with Crippen molar-refractivity contribution in [3.8, 4) is 0 Å². The first-order chi connectivity index (χ1) is 17.6. The van der Waals surface area contributed by atoms with Crippen molar-refractivity contribution in [2.75, 3.05) is 13.1 Å². The SMILES string of the molecule is CC(C)CC(NC(=O)OCc1ccccc1)C(O)C(F)(F)CNC(=O)CCNC(=O)Cc1ccccc1. The predicted octanol–water partition coefficient (Wildman–Crippen LogP) is 3.19. The van der Waals surface area contributed by atoms with Gasteiger partial charge in [0.05, 0.1) is 19.0 Å². The average Bonchev–Trinajstić information content (AvgIpc) is 2.86. The normalized spacial score (nSPS) is 12.9. The van der Waals surface area contributed by atoms with Crippen LogP contribution >= 0.6 is 0 Å². The monoisotopic (exact) mass is 519 g/mol. The molecule has 0 aliphatic rings. The molecule has 10 heteroatoms. The summed E-state index contributed by atoms with van der Waals surface area (Å²) in [6.45, 7) is 2.34. The Kier molecular flexibility index (Phi) is 12.0. The fourth-order valence-corrected chi connectivity index (χ4v) is 3.55. The Bertz CT molecular complexity index is 990. The van der Waals surface area contributed by atoms with Crippen molar-refractivity contribution < 1.29 is 33.0 Å². The van der Waals surface area contributed by atoms with Crippen LogP contribution in [0.25, 0.3) is 0 Å². The number of carbonyl (C=O) groups excluding carboxylic acids is 3. The third-order valence-electron chi connectivity index (χ3n) is 5.46. The van der Waals surface area contributed by atoms with Crippen LogP contribution in [-0.4, -0.2) is 54.2 Å². The summed E-state index contributed by atoms with van der Waals surface area (Å²) >= 11 is 0. The molecule has 2 aromatic rings. The summed E-state index contributed by atoms with van der Waals surface area (Å²) in [5, 5.41) is 17.4. The molecule has 0 heterocycles. The van der Waals surface area contributed by atoms with Gasteiger partial charge in [0.15, 0.2) is 0 Å². The van der Waals surface area contributed by atoms with E-state index in [-0.39, 0.29) is 44.2 Å². The van der Waals surface area contributed by atoms with Crippen LogP contribution in [0.3, 0.4) is 0 Å². The maximum absolute atomic E-state index is 14.7. The molecular formula is C27H35F2N3O5. The Labute approximate surface area is 215 Å². The lowest BCUT2D eigenvalue weighted by Gasteiger charge is -2.31. The number of hydrogen-bond donors (Lipinski definition) is 4. The summed E-state index contributed by atoms with van der Waals surface area (Å²) in [6, 6.07) is 16.6. The van der Waals surface area contributed by atoms with Crippen LogP contribution in [0.4, 0.5) is 13.6 Å². The maximum atomic E-state index is 14.7. The number of carbonyl (C=O) groups is 3. The molecule has 8 nitrogen and oxygen atoms in total. The predicted molar refractivity (Wildman–Crippen MR) is 135 cm³/mol. The second kappa shape index (κ2) is 14.9. The Hall–Kier alpha value is -3.53. The number of aliphatic hydroxyl groups excluding tert-OH is 1. The van der Waals surface area contributed by atoms with Crippen molar-refractivity contribution in [3.05, 3.63) is 71.8 Å². The molecule has 0 fully saturated rings. The zero-order valence-corrected chi connectivity index (χ0v) is 21.1. The van der Waals surface area contributed by atoms with E-state index in [0.717, 1.165) is 11.1 Å². The van der Waals surface area contributed by atoms with E-state index >= 15 is 0 Å². The first-order valence-electron chi connectivity index (χ1n) is 12.2. The van der Waals surface area contributed by atoms with Crippen molar-refractivity contribution in [2.24, 2.45) is 5.92 Å². The van der Waals surface area contributed by atoms with E-state index in [2.05, 4.69) is 16.0 Å². The molecule has 0 radical (unpaired) electrons. The van der Waals surface area contributed by atoms with Gasteiger partial charge in [0.1, 0.15) is 12.7 Å². The van der Waals surface area contributed by atoms with Gasteiger partial charge in [-0.15, -0.1) is 0 Å². The van der Waals surface area contributed by atoms with Crippen molar-refractivity contribution in [2.45, 2.75) is 57.8 Å². The van der Waals surface area contributed by atoms with Crippen LogP contribution in [0.15, 0.2) is 60.7 Å². The van der Waals surface area contributed by atoms with Crippen molar-refractivity contribution in [1.82, 2.24) is 16.0 Å². The van der Waals surface area contributed by atoms with E-state index in [1.54, 1.807) is 62.4 Å². The number of ether oxygens (including phenoxy) is 1. The van der Waals surface area contributed by atoms with Gasteiger partial charge in [-0.1, -0.05) is 74.5 Å². The smallest absolute Gasteiger partial charge is 0.407 e. The number of alkyl halides is 2. The van der Waals surface area contributed by atoms with Gasteiger partial charge in [-0.2, -0.15) is 0 Å². The minimum absolute atomic E-state index is 0.0175. The summed E-state index contributed by atoms with van der Waals surface area (Å²) in [7, 11) is 0. The van der Waals surface area contributed by atoms with E-state index in [9.17, 15) is 28.3 Å². The van der Waals surface area contributed by atoms with Gasteiger partial charge in [0.25, 0.3) is 5.92 Å². The van der Waals surface area contributed by atoms with E-state index in [0.29, 0.717) is 0 Å². The number of halogens is 2. The number of rotatable bonds is 14. The molecule has 2 rings (SSSR count). The lowest BCUT2D eigenvalue weighted by atomic mass is 9.95. The number of benzene rings is 2. The van der Waals surface area contributed by atoms with Crippen LogP contribution in [0.5, 0.6) is 0 Å². The Balaban J connectivity index is 1.80. The first-order valence-corrected chi connectivity index (χ1v) is 12.2. The molecule has 2 unspecified atom stereocenters. The van der Waals surface area contributed by atoms with Gasteiger partial charge < -0.3 is 25.8 Å². The van der Waals surface area contributed by atoms with Crippen LogP contribution in [-0.2, 0) is 27.4 Å². The van der Waals surface area contributed by atoms with E-state index in [4.69, 9.17) is 4.74 Å². The third-order valence-corrected chi connectivity index (χ3v) is 5.46. The lowest BCUT2D eigenvalue weighted by Crippen LogP contribution is -2.55. The average molecular weight is 520 g/mol. The minimum Gasteiger partial charge on any atom is -0.445 e. The summed E-state index contributed by atoms with van der Waals surface area (Å²) in [5.41, 5.74) is 1.54. The molecule has 0 bridgehead atoms. The Morgan fingerprint density at radius 1 is 0.919 bits per heavy atom. The standard InChI is InChI=1S/C27H35F2N3O5/c1-19(2)15-22(32-26(36)37-17-21-11-7-4-8-12-21)25(35)27(28,29)18-31-23(33)13-14-30-24(34)16-20-9-5-3-6-10-20/h3-12,19,22,25,35H,13-18H2,1-2H3,(H,30,34)(H,31,33)(H,32,36). The number of aliphatic hydroxyl groups is 1. The number of amides is 3. The first kappa shape index (κ1) is 29.7. The lowest BCUT2D eigenvalue weighted by molar-refractivity contribution is -0.134. The molecule has 3 amide bonds. The molecule has 0 aliphatic heterocycles. The Morgan fingerprint density at radius 3 is 2.11 bits per heavy atom. The van der Waals surface area contributed by atoms with E-state index in [1.165, 1.54) is 0 Å². The second-order valence-electron chi connectivity index (χ2n) is 9.19. The Morgan fingerprint density at radius 2 is 1.51 bits per heavy atom. The van der Waals surface area contributed by atoms with Gasteiger partial charge >= 0.3 is 6.09 Å². The van der Waals surface area contributed by atoms with E-state index < -0.39 is 36.6 Å². The molecule has 202 valence electrons.